The molecule has 17 heavy (non-hydrogen) atoms. The molecule has 0 saturated carbocycles. The second kappa shape index (κ2) is 5.83. The van der Waals surface area contributed by atoms with Crippen LogP contribution in [0.15, 0.2) is 18.2 Å². The van der Waals surface area contributed by atoms with Crippen LogP contribution >= 0.6 is 0 Å². The van der Waals surface area contributed by atoms with Gasteiger partial charge in [-0.2, -0.15) is 0 Å². The molecule has 0 spiro atoms. The lowest BCUT2D eigenvalue weighted by molar-refractivity contribution is -0.141. The van der Waals surface area contributed by atoms with Crippen molar-refractivity contribution in [2.75, 3.05) is 19.5 Å². The number of benzene rings is 1. The SMILES string of the molecule is COC(=O)CCOC(=O)c1ccc(N)cc1F. The van der Waals surface area contributed by atoms with Gasteiger partial charge in [-0.05, 0) is 18.2 Å². The van der Waals surface area contributed by atoms with E-state index in [-0.39, 0.29) is 24.3 Å². The molecule has 5 nitrogen and oxygen atoms in total. The first-order chi connectivity index (χ1) is 8.04. The highest BCUT2D eigenvalue weighted by atomic mass is 19.1. The van der Waals surface area contributed by atoms with E-state index in [9.17, 15) is 14.0 Å². The maximum absolute atomic E-state index is 13.3. The Balaban J connectivity index is 2.55. The lowest BCUT2D eigenvalue weighted by atomic mass is 10.2. The third-order valence-corrected chi connectivity index (χ3v) is 1.98. The minimum Gasteiger partial charge on any atom is -0.469 e. The highest BCUT2D eigenvalue weighted by molar-refractivity contribution is 5.90. The molecule has 0 aliphatic carbocycles. The second-order valence-electron chi connectivity index (χ2n) is 3.20. The largest absolute Gasteiger partial charge is 0.469 e. The molecule has 1 aromatic carbocycles. The van der Waals surface area contributed by atoms with Crippen LogP contribution in [0.1, 0.15) is 16.8 Å². The van der Waals surface area contributed by atoms with Gasteiger partial charge in [0.1, 0.15) is 12.4 Å². The van der Waals surface area contributed by atoms with Crippen LogP contribution in [0.3, 0.4) is 0 Å². The molecule has 0 atom stereocenters. The number of esters is 2. The van der Waals surface area contributed by atoms with Gasteiger partial charge < -0.3 is 15.2 Å². The third-order valence-electron chi connectivity index (χ3n) is 1.98. The first kappa shape index (κ1) is 13.0. The van der Waals surface area contributed by atoms with Crippen LogP contribution in [0, 0.1) is 5.82 Å². The summed E-state index contributed by atoms with van der Waals surface area (Å²) in [4.78, 5) is 22.1. The molecule has 0 amide bonds. The summed E-state index contributed by atoms with van der Waals surface area (Å²) in [6.45, 7) is -0.157. The molecule has 0 saturated heterocycles. The van der Waals surface area contributed by atoms with E-state index in [4.69, 9.17) is 10.5 Å². The Morgan fingerprint density at radius 2 is 2.12 bits per heavy atom. The van der Waals surface area contributed by atoms with Gasteiger partial charge in [0.15, 0.2) is 0 Å². The van der Waals surface area contributed by atoms with E-state index < -0.39 is 17.8 Å². The zero-order chi connectivity index (χ0) is 12.8. The lowest BCUT2D eigenvalue weighted by Gasteiger charge is -2.05. The van der Waals surface area contributed by atoms with Crippen molar-refractivity contribution < 1.29 is 23.5 Å². The minimum absolute atomic E-state index is 0.0706. The molecule has 0 heterocycles. The van der Waals surface area contributed by atoms with E-state index in [2.05, 4.69) is 4.74 Å². The Morgan fingerprint density at radius 1 is 1.41 bits per heavy atom. The summed E-state index contributed by atoms with van der Waals surface area (Å²) in [5, 5.41) is 0. The van der Waals surface area contributed by atoms with E-state index >= 15 is 0 Å². The van der Waals surface area contributed by atoms with Crippen molar-refractivity contribution in [3.63, 3.8) is 0 Å². The van der Waals surface area contributed by atoms with Crippen molar-refractivity contribution in [3.8, 4) is 0 Å². The van der Waals surface area contributed by atoms with Gasteiger partial charge in [0.05, 0.1) is 19.1 Å². The van der Waals surface area contributed by atoms with Gasteiger partial charge in [-0.25, -0.2) is 9.18 Å². The smallest absolute Gasteiger partial charge is 0.341 e. The summed E-state index contributed by atoms with van der Waals surface area (Å²) in [6, 6.07) is 3.64. The molecule has 0 unspecified atom stereocenters. The molecule has 92 valence electrons. The molecule has 2 N–H and O–H groups in total. The quantitative estimate of drug-likeness (QED) is 0.631. The summed E-state index contributed by atoms with van der Waals surface area (Å²) >= 11 is 0. The molecule has 0 aliphatic rings. The monoisotopic (exact) mass is 241 g/mol. The van der Waals surface area contributed by atoms with Crippen molar-refractivity contribution in [3.05, 3.63) is 29.6 Å². The standard InChI is InChI=1S/C11H12FNO4/c1-16-10(14)4-5-17-11(15)8-3-2-7(13)6-9(8)12/h2-3,6H,4-5,13H2,1H3. The summed E-state index contributed by atoms with van der Waals surface area (Å²) in [7, 11) is 1.23. The molecule has 0 aromatic heterocycles. The molecule has 0 bridgehead atoms. The van der Waals surface area contributed by atoms with Crippen LogP contribution in [-0.2, 0) is 14.3 Å². The molecule has 6 heteroatoms. The van der Waals surface area contributed by atoms with Crippen molar-refractivity contribution in [2.24, 2.45) is 0 Å². The van der Waals surface area contributed by atoms with Crippen LogP contribution < -0.4 is 5.73 Å². The Labute approximate surface area is 97.3 Å². The Hall–Kier alpha value is -2.11. The number of nitrogens with two attached hydrogens (primary N) is 1. The van der Waals surface area contributed by atoms with Crippen LogP contribution in [-0.4, -0.2) is 25.7 Å². The molecule has 1 aromatic rings. The fraction of sp³-hybridized carbons (Fsp3) is 0.273. The van der Waals surface area contributed by atoms with Crippen molar-refractivity contribution >= 4 is 17.6 Å². The van der Waals surface area contributed by atoms with E-state index in [1.54, 1.807) is 0 Å². The Bertz CT molecular complexity index is 433. The zero-order valence-electron chi connectivity index (χ0n) is 9.23. The second-order valence-corrected chi connectivity index (χ2v) is 3.20. The van der Waals surface area contributed by atoms with E-state index in [1.807, 2.05) is 0 Å². The van der Waals surface area contributed by atoms with Crippen molar-refractivity contribution in [1.82, 2.24) is 0 Å². The predicted molar refractivity (Wildman–Crippen MR) is 57.7 cm³/mol. The number of anilines is 1. The number of halogens is 1. The molecular weight excluding hydrogens is 229 g/mol. The van der Waals surface area contributed by atoms with Crippen molar-refractivity contribution in [2.45, 2.75) is 6.42 Å². The number of methoxy groups -OCH3 is 1. The average molecular weight is 241 g/mol. The zero-order valence-corrected chi connectivity index (χ0v) is 9.23. The number of rotatable bonds is 4. The van der Waals surface area contributed by atoms with Gasteiger partial charge in [0.2, 0.25) is 0 Å². The topological polar surface area (TPSA) is 78.6 Å². The first-order valence-corrected chi connectivity index (χ1v) is 4.83. The fourth-order valence-corrected chi connectivity index (χ4v) is 1.10. The van der Waals surface area contributed by atoms with E-state index in [1.165, 1.54) is 19.2 Å². The van der Waals surface area contributed by atoms with E-state index in [0.717, 1.165) is 6.07 Å². The molecule has 1 rings (SSSR count). The summed E-state index contributed by atoms with van der Waals surface area (Å²) in [5.74, 6) is -2.10. The van der Waals surface area contributed by atoms with E-state index in [0.29, 0.717) is 0 Å². The number of carbonyl (C=O) groups excluding carboxylic acids is 2. The van der Waals surface area contributed by atoms with Gasteiger partial charge in [0, 0.05) is 5.69 Å². The van der Waals surface area contributed by atoms with Gasteiger partial charge in [-0.3, -0.25) is 4.79 Å². The van der Waals surface area contributed by atoms with Crippen LogP contribution in [0.5, 0.6) is 0 Å². The normalized spacial score (nSPS) is 9.76. The Morgan fingerprint density at radius 3 is 2.71 bits per heavy atom. The number of carbonyl (C=O) groups is 2. The minimum atomic E-state index is -0.841. The van der Waals surface area contributed by atoms with Crippen LogP contribution in [0.4, 0.5) is 10.1 Å². The van der Waals surface area contributed by atoms with Gasteiger partial charge in [-0.15, -0.1) is 0 Å². The fourth-order valence-electron chi connectivity index (χ4n) is 1.10. The summed E-state index contributed by atoms with van der Waals surface area (Å²) in [6.07, 6.45) is -0.0706. The van der Waals surface area contributed by atoms with Crippen molar-refractivity contribution in [1.29, 1.82) is 0 Å². The molecule has 0 aliphatic heterocycles. The molecule has 0 radical (unpaired) electrons. The predicted octanol–water partition coefficient (Wildman–Crippen LogP) is 1.13. The molecule has 0 fully saturated rings. The van der Waals surface area contributed by atoms with Crippen LogP contribution in [0.2, 0.25) is 0 Å². The third kappa shape index (κ3) is 3.75. The number of hydrogen-bond acceptors (Lipinski definition) is 5. The van der Waals surface area contributed by atoms with Gasteiger partial charge in [0.25, 0.3) is 0 Å². The summed E-state index contributed by atoms with van der Waals surface area (Å²) < 4.78 is 22.3. The van der Waals surface area contributed by atoms with Gasteiger partial charge >= 0.3 is 11.9 Å². The first-order valence-electron chi connectivity index (χ1n) is 4.83. The van der Waals surface area contributed by atoms with Crippen LogP contribution in [0.25, 0.3) is 0 Å². The maximum Gasteiger partial charge on any atom is 0.341 e. The number of ether oxygens (including phenoxy) is 2. The maximum atomic E-state index is 13.3. The number of hydrogen-bond donors (Lipinski definition) is 1. The average Bonchev–Trinajstić information content (AvgIpc) is 2.28. The highest BCUT2D eigenvalue weighted by Gasteiger charge is 2.13. The molecular formula is C11H12FNO4. The summed E-state index contributed by atoms with van der Waals surface area (Å²) in [5.41, 5.74) is 5.33. The Kier molecular flexibility index (Phi) is 4.45. The van der Waals surface area contributed by atoms with Gasteiger partial charge in [-0.1, -0.05) is 0 Å². The lowest BCUT2D eigenvalue weighted by Crippen LogP contribution is -2.12. The highest BCUT2D eigenvalue weighted by Crippen LogP contribution is 2.12. The number of nitrogen functional groups attached to an aromatic ring is 1.